The van der Waals surface area contributed by atoms with E-state index >= 15 is 0 Å². The Kier molecular flexibility index (Phi) is 6.86. The van der Waals surface area contributed by atoms with Crippen LogP contribution in [0.1, 0.15) is 33.1 Å². The van der Waals surface area contributed by atoms with Crippen LogP contribution < -0.4 is 10.1 Å². The van der Waals surface area contributed by atoms with Gasteiger partial charge in [-0.25, -0.2) is 0 Å². The lowest BCUT2D eigenvalue weighted by Crippen LogP contribution is -2.43. The Morgan fingerprint density at radius 3 is 2.74 bits per heavy atom. The number of carbonyl (C=O) groups is 1. The van der Waals surface area contributed by atoms with Crippen molar-refractivity contribution in [2.75, 3.05) is 31.6 Å². The molecule has 0 spiro atoms. The number of amides is 1. The Labute approximate surface area is 138 Å². The zero-order valence-corrected chi connectivity index (χ0v) is 14.1. The van der Waals surface area contributed by atoms with Gasteiger partial charge in [-0.3, -0.25) is 9.69 Å². The highest BCUT2D eigenvalue weighted by Crippen LogP contribution is 2.21. The van der Waals surface area contributed by atoms with E-state index in [-0.39, 0.29) is 12.5 Å². The Morgan fingerprint density at radius 2 is 2.09 bits per heavy atom. The van der Waals surface area contributed by atoms with Crippen LogP contribution in [0, 0.1) is 5.92 Å². The van der Waals surface area contributed by atoms with Crippen molar-refractivity contribution in [1.29, 1.82) is 0 Å². The molecule has 5 nitrogen and oxygen atoms in total. The summed E-state index contributed by atoms with van der Waals surface area (Å²) in [6, 6.07) is 7.91. The Balaban J connectivity index is 1.78. The van der Waals surface area contributed by atoms with E-state index in [1.54, 1.807) is 0 Å². The fourth-order valence-electron chi connectivity index (χ4n) is 2.99. The van der Waals surface area contributed by atoms with Crippen molar-refractivity contribution >= 4 is 11.6 Å². The first-order chi connectivity index (χ1) is 11.1. The molecule has 1 aromatic carbocycles. The van der Waals surface area contributed by atoms with Gasteiger partial charge >= 0.3 is 0 Å². The van der Waals surface area contributed by atoms with E-state index < -0.39 is 0 Å². The molecule has 5 heteroatoms. The first-order valence-corrected chi connectivity index (χ1v) is 8.50. The summed E-state index contributed by atoms with van der Waals surface area (Å²) in [6.45, 7) is 6.63. The van der Waals surface area contributed by atoms with Gasteiger partial charge in [0.1, 0.15) is 5.75 Å². The molecule has 128 valence electrons. The number of carbonyl (C=O) groups excluding carboxylic acids is 1. The number of hydrogen-bond acceptors (Lipinski definition) is 4. The van der Waals surface area contributed by atoms with Gasteiger partial charge < -0.3 is 15.2 Å². The topological polar surface area (TPSA) is 61.8 Å². The van der Waals surface area contributed by atoms with Crippen LogP contribution in [0.5, 0.6) is 5.75 Å². The molecule has 1 fully saturated rings. The minimum absolute atomic E-state index is 0.0208. The highest BCUT2D eigenvalue weighted by atomic mass is 16.5. The molecule has 1 saturated heterocycles. The third kappa shape index (κ3) is 5.52. The van der Waals surface area contributed by atoms with Crippen LogP contribution >= 0.6 is 0 Å². The SMILES string of the molecule is CCOc1ccc(NC(=O)CCN2CC(CO)CCC2C)cc1. The minimum atomic E-state index is 0.0208. The van der Waals surface area contributed by atoms with Gasteiger partial charge in [-0.2, -0.15) is 0 Å². The summed E-state index contributed by atoms with van der Waals surface area (Å²) in [7, 11) is 0. The molecule has 2 N–H and O–H groups in total. The van der Waals surface area contributed by atoms with E-state index in [9.17, 15) is 9.90 Å². The average molecular weight is 320 g/mol. The standard InChI is InChI=1S/C18H28N2O3/c1-3-23-17-8-6-16(7-9-17)19-18(22)10-11-20-12-15(13-21)5-4-14(20)2/h6-9,14-15,21H,3-5,10-13H2,1-2H3,(H,19,22). The van der Waals surface area contributed by atoms with Crippen molar-refractivity contribution in [3.05, 3.63) is 24.3 Å². The van der Waals surface area contributed by atoms with Crippen LogP contribution in [0.4, 0.5) is 5.69 Å². The highest BCUT2D eigenvalue weighted by molar-refractivity contribution is 5.90. The van der Waals surface area contributed by atoms with Crippen molar-refractivity contribution in [3.8, 4) is 5.75 Å². The third-order valence-electron chi connectivity index (χ3n) is 4.44. The smallest absolute Gasteiger partial charge is 0.225 e. The Bertz CT molecular complexity index is 490. The van der Waals surface area contributed by atoms with Crippen LogP contribution in [0.3, 0.4) is 0 Å². The van der Waals surface area contributed by atoms with E-state index in [0.29, 0.717) is 25.0 Å². The lowest BCUT2D eigenvalue weighted by Gasteiger charge is -2.37. The van der Waals surface area contributed by atoms with E-state index in [4.69, 9.17) is 4.74 Å². The normalized spacial score (nSPS) is 21.9. The summed E-state index contributed by atoms with van der Waals surface area (Å²) in [6.07, 6.45) is 2.63. The molecular formula is C18H28N2O3. The number of nitrogens with zero attached hydrogens (tertiary/aromatic N) is 1. The van der Waals surface area contributed by atoms with Crippen LogP contribution in [0.15, 0.2) is 24.3 Å². The number of ether oxygens (including phenoxy) is 1. The summed E-state index contributed by atoms with van der Waals surface area (Å²) in [5, 5.41) is 12.2. The number of benzene rings is 1. The van der Waals surface area contributed by atoms with Crippen LogP contribution in [0.2, 0.25) is 0 Å². The van der Waals surface area contributed by atoms with Crippen molar-refractivity contribution in [3.63, 3.8) is 0 Å². The van der Waals surface area contributed by atoms with Gasteiger partial charge in [-0.15, -0.1) is 0 Å². The number of piperidine rings is 1. The average Bonchev–Trinajstić information content (AvgIpc) is 2.56. The van der Waals surface area contributed by atoms with Crippen molar-refractivity contribution in [2.45, 2.75) is 39.2 Å². The van der Waals surface area contributed by atoms with Gasteiger partial charge in [0.05, 0.1) is 6.61 Å². The monoisotopic (exact) mass is 320 g/mol. The molecule has 2 atom stereocenters. The molecule has 2 unspecified atom stereocenters. The zero-order valence-electron chi connectivity index (χ0n) is 14.1. The van der Waals surface area contributed by atoms with E-state index in [0.717, 1.165) is 37.4 Å². The number of aliphatic hydroxyl groups excluding tert-OH is 1. The fourth-order valence-corrected chi connectivity index (χ4v) is 2.99. The third-order valence-corrected chi connectivity index (χ3v) is 4.44. The fraction of sp³-hybridized carbons (Fsp3) is 0.611. The maximum atomic E-state index is 12.1. The molecule has 0 aliphatic carbocycles. The summed E-state index contributed by atoms with van der Waals surface area (Å²) < 4.78 is 5.39. The number of likely N-dealkylation sites (tertiary alicyclic amines) is 1. The number of rotatable bonds is 7. The summed E-state index contributed by atoms with van der Waals surface area (Å²) in [4.78, 5) is 14.4. The minimum Gasteiger partial charge on any atom is -0.494 e. The molecule has 1 aliphatic heterocycles. The summed E-state index contributed by atoms with van der Waals surface area (Å²) in [5.41, 5.74) is 0.790. The molecule has 1 aliphatic rings. The van der Waals surface area contributed by atoms with E-state index in [1.807, 2.05) is 31.2 Å². The number of nitrogens with one attached hydrogen (secondary N) is 1. The molecule has 0 aromatic heterocycles. The summed E-state index contributed by atoms with van der Waals surface area (Å²) in [5.74, 6) is 1.18. The predicted octanol–water partition coefficient (Wildman–Crippen LogP) is 2.51. The Morgan fingerprint density at radius 1 is 1.35 bits per heavy atom. The first kappa shape index (κ1) is 17.8. The number of hydrogen-bond donors (Lipinski definition) is 2. The van der Waals surface area contributed by atoms with Crippen molar-refractivity contribution < 1.29 is 14.6 Å². The second-order valence-corrected chi connectivity index (χ2v) is 6.23. The molecule has 0 saturated carbocycles. The molecule has 1 amide bonds. The van der Waals surface area contributed by atoms with Gasteiger partial charge in [-0.05, 0) is 56.9 Å². The van der Waals surface area contributed by atoms with Gasteiger partial charge in [0.15, 0.2) is 0 Å². The number of aliphatic hydroxyl groups is 1. The highest BCUT2D eigenvalue weighted by Gasteiger charge is 2.25. The molecule has 2 rings (SSSR count). The van der Waals surface area contributed by atoms with Gasteiger partial charge in [-0.1, -0.05) is 0 Å². The second-order valence-electron chi connectivity index (χ2n) is 6.23. The molecule has 0 radical (unpaired) electrons. The van der Waals surface area contributed by atoms with E-state index in [2.05, 4.69) is 17.1 Å². The predicted molar refractivity (Wildman–Crippen MR) is 91.7 cm³/mol. The van der Waals surface area contributed by atoms with Gasteiger partial charge in [0.25, 0.3) is 0 Å². The zero-order chi connectivity index (χ0) is 16.7. The maximum absolute atomic E-state index is 12.1. The molecule has 1 heterocycles. The molecule has 23 heavy (non-hydrogen) atoms. The van der Waals surface area contributed by atoms with Crippen LogP contribution in [-0.2, 0) is 4.79 Å². The van der Waals surface area contributed by atoms with Crippen LogP contribution in [0.25, 0.3) is 0 Å². The second kappa shape index (κ2) is 8.89. The largest absolute Gasteiger partial charge is 0.494 e. The summed E-state index contributed by atoms with van der Waals surface area (Å²) >= 11 is 0. The van der Waals surface area contributed by atoms with Gasteiger partial charge in [0, 0.05) is 37.8 Å². The number of anilines is 1. The van der Waals surface area contributed by atoms with Crippen molar-refractivity contribution in [2.24, 2.45) is 5.92 Å². The van der Waals surface area contributed by atoms with Gasteiger partial charge in [0.2, 0.25) is 5.91 Å². The lowest BCUT2D eigenvalue weighted by atomic mass is 9.94. The molecule has 1 aromatic rings. The van der Waals surface area contributed by atoms with Crippen molar-refractivity contribution in [1.82, 2.24) is 4.90 Å². The van der Waals surface area contributed by atoms with E-state index in [1.165, 1.54) is 0 Å². The molecular weight excluding hydrogens is 292 g/mol. The first-order valence-electron chi connectivity index (χ1n) is 8.50. The lowest BCUT2D eigenvalue weighted by molar-refractivity contribution is -0.116. The quantitative estimate of drug-likeness (QED) is 0.810. The Hall–Kier alpha value is -1.59. The molecule has 0 bridgehead atoms. The van der Waals surface area contributed by atoms with Crippen LogP contribution in [-0.4, -0.2) is 48.3 Å². The maximum Gasteiger partial charge on any atom is 0.225 e.